The number of carbonyl (C=O) groups excluding carboxylic acids is 1. The highest BCUT2D eigenvalue weighted by Gasteiger charge is 2.11. The van der Waals surface area contributed by atoms with Crippen LogP contribution in [0, 0.1) is 11.7 Å². The van der Waals surface area contributed by atoms with Gasteiger partial charge in [0, 0.05) is 31.6 Å². The molecule has 0 aromatic heterocycles. The van der Waals surface area contributed by atoms with Gasteiger partial charge in [-0.1, -0.05) is 32.0 Å². The zero-order valence-corrected chi connectivity index (χ0v) is 12.0. The molecule has 1 rings (SSSR count). The van der Waals surface area contributed by atoms with Crippen LogP contribution in [0.3, 0.4) is 0 Å². The van der Waals surface area contributed by atoms with Gasteiger partial charge in [0.15, 0.2) is 0 Å². The Kier molecular flexibility index (Phi) is 7.18. The molecule has 3 N–H and O–H groups in total. The molecular formula is C15H23FN2O2. The SMILES string of the molecule is CC(C)CNC(=O)CCNCC(O)c1ccccc1F. The van der Waals surface area contributed by atoms with Gasteiger partial charge in [0.05, 0.1) is 6.10 Å². The van der Waals surface area contributed by atoms with Crippen LogP contribution in [0.4, 0.5) is 4.39 Å². The Morgan fingerprint density at radius 2 is 2.00 bits per heavy atom. The van der Waals surface area contributed by atoms with Gasteiger partial charge in [0.2, 0.25) is 5.91 Å². The summed E-state index contributed by atoms with van der Waals surface area (Å²) in [4.78, 5) is 11.4. The van der Waals surface area contributed by atoms with Crippen LogP contribution in [0.25, 0.3) is 0 Å². The van der Waals surface area contributed by atoms with Crippen molar-refractivity contribution in [1.29, 1.82) is 0 Å². The van der Waals surface area contributed by atoms with E-state index in [0.29, 0.717) is 25.4 Å². The molecular weight excluding hydrogens is 259 g/mol. The molecule has 1 amide bonds. The first-order chi connectivity index (χ1) is 9.50. The van der Waals surface area contributed by atoms with Crippen molar-refractivity contribution in [3.8, 4) is 0 Å². The maximum Gasteiger partial charge on any atom is 0.221 e. The highest BCUT2D eigenvalue weighted by Crippen LogP contribution is 2.15. The molecule has 0 aliphatic rings. The Morgan fingerprint density at radius 1 is 1.30 bits per heavy atom. The number of aliphatic hydroxyl groups excluding tert-OH is 1. The summed E-state index contributed by atoms with van der Waals surface area (Å²) in [5.41, 5.74) is 0.268. The minimum atomic E-state index is -0.907. The van der Waals surface area contributed by atoms with E-state index < -0.39 is 11.9 Å². The van der Waals surface area contributed by atoms with Crippen molar-refractivity contribution in [1.82, 2.24) is 10.6 Å². The number of hydrogen-bond acceptors (Lipinski definition) is 3. The molecule has 1 aromatic carbocycles. The Bertz CT molecular complexity index is 424. The topological polar surface area (TPSA) is 61.4 Å². The van der Waals surface area contributed by atoms with Crippen LogP contribution in [0.1, 0.15) is 31.9 Å². The van der Waals surface area contributed by atoms with E-state index in [1.54, 1.807) is 18.2 Å². The van der Waals surface area contributed by atoms with Crippen molar-refractivity contribution in [2.45, 2.75) is 26.4 Å². The lowest BCUT2D eigenvalue weighted by atomic mass is 10.1. The number of amides is 1. The minimum absolute atomic E-state index is 0.0217. The molecule has 112 valence electrons. The second kappa shape index (κ2) is 8.66. The zero-order valence-electron chi connectivity index (χ0n) is 12.0. The third-order valence-corrected chi connectivity index (χ3v) is 2.84. The normalized spacial score (nSPS) is 12.4. The monoisotopic (exact) mass is 282 g/mol. The van der Waals surface area contributed by atoms with Gasteiger partial charge in [-0.05, 0) is 12.0 Å². The highest BCUT2D eigenvalue weighted by atomic mass is 19.1. The van der Waals surface area contributed by atoms with Crippen LogP contribution < -0.4 is 10.6 Å². The molecule has 0 aliphatic carbocycles. The predicted octanol–water partition coefficient (Wildman–Crippen LogP) is 1.61. The van der Waals surface area contributed by atoms with Gasteiger partial charge in [-0.15, -0.1) is 0 Å². The quantitative estimate of drug-likeness (QED) is 0.635. The van der Waals surface area contributed by atoms with Crippen molar-refractivity contribution >= 4 is 5.91 Å². The Hall–Kier alpha value is -1.46. The molecule has 20 heavy (non-hydrogen) atoms. The third-order valence-electron chi connectivity index (χ3n) is 2.84. The number of carbonyl (C=O) groups is 1. The summed E-state index contributed by atoms with van der Waals surface area (Å²) in [6.45, 7) is 5.40. The summed E-state index contributed by atoms with van der Waals surface area (Å²) in [5, 5.41) is 15.6. The summed E-state index contributed by atoms with van der Waals surface area (Å²) >= 11 is 0. The third kappa shape index (κ3) is 6.12. The fourth-order valence-electron chi connectivity index (χ4n) is 1.70. The van der Waals surface area contributed by atoms with E-state index in [1.807, 2.05) is 13.8 Å². The van der Waals surface area contributed by atoms with Gasteiger partial charge in [-0.2, -0.15) is 0 Å². The maximum absolute atomic E-state index is 13.4. The smallest absolute Gasteiger partial charge is 0.221 e. The molecule has 0 radical (unpaired) electrons. The number of halogens is 1. The zero-order chi connectivity index (χ0) is 15.0. The summed E-state index contributed by atoms with van der Waals surface area (Å²) in [5.74, 6) is -0.0159. The first-order valence-corrected chi connectivity index (χ1v) is 6.90. The van der Waals surface area contributed by atoms with Crippen molar-refractivity contribution in [3.63, 3.8) is 0 Å². The van der Waals surface area contributed by atoms with E-state index in [0.717, 1.165) is 0 Å². The number of hydrogen-bond donors (Lipinski definition) is 3. The largest absolute Gasteiger partial charge is 0.387 e. The van der Waals surface area contributed by atoms with Crippen molar-refractivity contribution < 1.29 is 14.3 Å². The van der Waals surface area contributed by atoms with Crippen molar-refractivity contribution in [2.75, 3.05) is 19.6 Å². The Balaban J connectivity index is 2.21. The first-order valence-electron chi connectivity index (χ1n) is 6.90. The van der Waals surface area contributed by atoms with Gasteiger partial charge in [-0.25, -0.2) is 4.39 Å². The van der Waals surface area contributed by atoms with E-state index in [-0.39, 0.29) is 18.0 Å². The average molecular weight is 282 g/mol. The Morgan fingerprint density at radius 3 is 2.65 bits per heavy atom. The molecule has 0 aliphatic heterocycles. The number of rotatable bonds is 8. The van der Waals surface area contributed by atoms with Crippen LogP contribution in [0.2, 0.25) is 0 Å². The molecule has 1 atom stereocenters. The van der Waals surface area contributed by atoms with Crippen LogP contribution in [-0.4, -0.2) is 30.6 Å². The van der Waals surface area contributed by atoms with Crippen LogP contribution in [0.5, 0.6) is 0 Å². The second-order valence-corrected chi connectivity index (χ2v) is 5.19. The standard InChI is InChI=1S/C15H23FN2O2/c1-11(2)9-18-15(20)7-8-17-10-14(19)12-5-3-4-6-13(12)16/h3-6,11,14,17,19H,7-10H2,1-2H3,(H,18,20). The predicted molar refractivity (Wildman–Crippen MR) is 76.7 cm³/mol. The molecule has 1 unspecified atom stereocenters. The molecule has 1 aromatic rings. The second-order valence-electron chi connectivity index (χ2n) is 5.19. The molecule has 0 heterocycles. The molecule has 0 fully saturated rings. The fourth-order valence-corrected chi connectivity index (χ4v) is 1.70. The van der Waals surface area contributed by atoms with Gasteiger partial charge in [0.1, 0.15) is 5.82 Å². The molecule has 0 saturated carbocycles. The Labute approximate surface area is 119 Å². The van der Waals surface area contributed by atoms with Gasteiger partial charge in [-0.3, -0.25) is 4.79 Å². The average Bonchev–Trinajstić information content (AvgIpc) is 2.41. The van der Waals surface area contributed by atoms with Gasteiger partial charge < -0.3 is 15.7 Å². The molecule has 0 bridgehead atoms. The van der Waals surface area contributed by atoms with Gasteiger partial charge >= 0.3 is 0 Å². The fraction of sp³-hybridized carbons (Fsp3) is 0.533. The minimum Gasteiger partial charge on any atom is -0.387 e. The molecule has 4 nitrogen and oxygen atoms in total. The van der Waals surface area contributed by atoms with Crippen LogP contribution >= 0.6 is 0 Å². The van der Waals surface area contributed by atoms with Gasteiger partial charge in [0.25, 0.3) is 0 Å². The summed E-state index contributed by atoms with van der Waals surface area (Å²) in [6, 6.07) is 6.13. The van der Waals surface area contributed by atoms with Crippen molar-refractivity contribution in [2.24, 2.45) is 5.92 Å². The van der Waals surface area contributed by atoms with E-state index in [4.69, 9.17) is 0 Å². The summed E-state index contributed by atoms with van der Waals surface area (Å²) < 4.78 is 13.4. The molecule has 0 spiro atoms. The number of benzene rings is 1. The van der Waals surface area contributed by atoms with Crippen LogP contribution in [0.15, 0.2) is 24.3 Å². The lowest BCUT2D eigenvalue weighted by Crippen LogP contribution is -2.31. The van der Waals surface area contributed by atoms with E-state index in [9.17, 15) is 14.3 Å². The first kappa shape index (κ1) is 16.6. The van der Waals surface area contributed by atoms with E-state index in [1.165, 1.54) is 6.07 Å². The lowest BCUT2D eigenvalue weighted by molar-refractivity contribution is -0.121. The highest BCUT2D eigenvalue weighted by molar-refractivity contribution is 5.76. The van der Waals surface area contributed by atoms with E-state index in [2.05, 4.69) is 10.6 Å². The van der Waals surface area contributed by atoms with E-state index >= 15 is 0 Å². The molecule has 5 heteroatoms. The van der Waals surface area contributed by atoms with Crippen molar-refractivity contribution in [3.05, 3.63) is 35.6 Å². The number of aliphatic hydroxyl groups is 1. The van der Waals surface area contributed by atoms with Crippen LogP contribution in [-0.2, 0) is 4.79 Å². The maximum atomic E-state index is 13.4. The lowest BCUT2D eigenvalue weighted by Gasteiger charge is -2.13. The summed E-state index contributed by atoms with van der Waals surface area (Å²) in [6.07, 6.45) is -0.564. The number of nitrogens with one attached hydrogen (secondary N) is 2. The molecule has 0 saturated heterocycles. The summed E-state index contributed by atoms with van der Waals surface area (Å²) in [7, 11) is 0.